The van der Waals surface area contributed by atoms with E-state index < -0.39 is 5.97 Å². The summed E-state index contributed by atoms with van der Waals surface area (Å²) in [5.41, 5.74) is 1.50. The minimum atomic E-state index is -0.487. The molecule has 0 atom stereocenters. The van der Waals surface area contributed by atoms with Crippen molar-refractivity contribution in [2.45, 2.75) is 13.2 Å². The number of phenols is 1. The molecule has 98 valence electrons. The number of carbonyl (C=O) groups is 1. The Morgan fingerprint density at radius 3 is 2.53 bits per heavy atom. The first kappa shape index (κ1) is 13.1. The van der Waals surface area contributed by atoms with Crippen LogP contribution in [0.4, 0.5) is 0 Å². The maximum atomic E-state index is 11.8. The van der Waals surface area contributed by atoms with Gasteiger partial charge in [0.05, 0.1) is 12.2 Å². The number of ether oxygens (including phenoxy) is 1. The zero-order valence-corrected chi connectivity index (χ0v) is 10.2. The van der Waals surface area contributed by atoms with Crippen molar-refractivity contribution >= 4 is 5.97 Å². The summed E-state index contributed by atoms with van der Waals surface area (Å²) >= 11 is 0. The second kappa shape index (κ2) is 6.02. The molecule has 0 aliphatic rings. The smallest absolute Gasteiger partial charge is 0.338 e. The number of hydrogen-bond acceptors (Lipinski definition) is 4. The van der Waals surface area contributed by atoms with Crippen LogP contribution in [0.2, 0.25) is 0 Å². The number of aliphatic hydroxyl groups is 1. The third-order valence-corrected chi connectivity index (χ3v) is 2.70. The van der Waals surface area contributed by atoms with E-state index in [2.05, 4.69) is 0 Å². The zero-order chi connectivity index (χ0) is 13.7. The summed E-state index contributed by atoms with van der Waals surface area (Å²) < 4.78 is 5.15. The predicted octanol–water partition coefficient (Wildman–Crippen LogP) is 2.24. The van der Waals surface area contributed by atoms with Crippen LogP contribution in [0, 0.1) is 0 Å². The molecule has 0 spiro atoms. The molecule has 0 radical (unpaired) electrons. The number of aliphatic hydroxyl groups excluding tert-OH is 1. The van der Waals surface area contributed by atoms with E-state index in [0.29, 0.717) is 11.1 Å². The van der Waals surface area contributed by atoms with Gasteiger partial charge in [-0.2, -0.15) is 0 Å². The average molecular weight is 258 g/mol. The largest absolute Gasteiger partial charge is 0.508 e. The molecule has 2 N–H and O–H groups in total. The summed E-state index contributed by atoms with van der Waals surface area (Å²) in [5, 5.41) is 18.4. The predicted molar refractivity (Wildman–Crippen MR) is 69.6 cm³/mol. The van der Waals surface area contributed by atoms with Crippen molar-refractivity contribution in [3.63, 3.8) is 0 Å². The Labute approximate surface area is 110 Å². The van der Waals surface area contributed by atoms with Crippen LogP contribution in [-0.4, -0.2) is 16.2 Å². The standard InChI is InChI=1S/C15H14O4/c16-9-13-8-12(6-7-14(13)17)15(18)19-10-11-4-2-1-3-5-11/h1-8,16-17H,9-10H2. The average Bonchev–Trinajstić information content (AvgIpc) is 2.46. The monoisotopic (exact) mass is 258 g/mol. The van der Waals surface area contributed by atoms with Crippen molar-refractivity contribution in [2.75, 3.05) is 0 Å². The van der Waals surface area contributed by atoms with Crippen LogP contribution in [0.25, 0.3) is 0 Å². The molecule has 19 heavy (non-hydrogen) atoms. The number of hydrogen-bond donors (Lipinski definition) is 2. The Morgan fingerprint density at radius 1 is 1.11 bits per heavy atom. The van der Waals surface area contributed by atoms with Gasteiger partial charge in [0.2, 0.25) is 0 Å². The van der Waals surface area contributed by atoms with Gasteiger partial charge in [-0.15, -0.1) is 0 Å². The highest BCUT2D eigenvalue weighted by Gasteiger charge is 2.10. The van der Waals surface area contributed by atoms with Gasteiger partial charge in [-0.3, -0.25) is 0 Å². The number of benzene rings is 2. The van der Waals surface area contributed by atoms with Crippen molar-refractivity contribution in [1.82, 2.24) is 0 Å². The van der Waals surface area contributed by atoms with Gasteiger partial charge in [0, 0.05) is 5.56 Å². The van der Waals surface area contributed by atoms with Crippen molar-refractivity contribution in [1.29, 1.82) is 0 Å². The summed E-state index contributed by atoms with van der Waals surface area (Å²) in [4.78, 5) is 11.8. The molecule has 4 nitrogen and oxygen atoms in total. The van der Waals surface area contributed by atoms with Gasteiger partial charge >= 0.3 is 5.97 Å². The van der Waals surface area contributed by atoms with Gasteiger partial charge in [0.15, 0.2) is 0 Å². The van der Waals surface area contributed by atoms with Gasteiger partial charge in [-0.1, -0.05) is 30.3 Å². The van der Waals surface area contributed by atoms with E-state index in [9.17, 15) is 9.90 Å². The Balaban J connectivity index is 2.04. The lowest BCUT2D eigenvalue weighted by molar-refractivity contribution is 0.0472. The van der Waals surface area contributed by atoms with Crippen LogP contribution in [0.5, 0.6) is 5.75 Å². The molecule has 4 heteroatoms. The second-order valence-corrected chi connectivity index (χ2v) is 4.06. The van der Waals surface area contributed by atoms with Gasteiger partial charge in [0.1, 0.15) is 12.4 Å². The highest BCUT2D eigenvalue weighted by Crippen LogP contribution is 2.19. The normalized spacial score (nSPS) is 10.2. The second-order valence-electron chi connectivity index (χ2n) is 4.06. The van der Waals surface area contributed by atoms with Crippen LogP contribution in [0.3, 0.4) is 0 Å². The molecule has 0 bridgehead atoms. The van der Waals surface area contributed by atoms with Crippen molar-refractivity contribution in [3.8, 4) is 5.75 Å². The molecule has 0 aliphatic heterocycles. The molecule has 0 saturated carbocycles. The fourth-order valence-corrected chi connectivity index (χ4v) is 1.65. The summed E-state index contributed by atoms with van der Waals surface area (Å²) in [5.74, 6) is -0.527. The summed E-state index contributed by atoms with van der Waals surface area (Å²) in [6.07, 6.45) is 0. The molecular formula is C15H14O4. The van der Waals surface area contributed by atoms with Crippen molar-refractivity contribution in [2.24, 2.45) is 0 Å². The minimum absolute atomic E-state index is 0.0397. The first-order valence-corrected chi connectivity index (χ1v) is 5.84. The van der Waals surface area contributed by atoms with E-state index in [-0.39, 0.29) is 19.0 Å². The van der Waals surface area contributed by atoms with Gasteiger partial charge in [-0.05, 0) is 23.8 Å². The summed E-state index contributed by atoms with van der Waals surface area (Å²) in [7, 11) is 0. The van der Waals surface area contributed by atoms with Crippen LogP contribution in [0.15, 0.2) is 48.5 Å². The van der Waals surface area contributed by atoms with Crippen LogP contribution in [-0.2, 0) is 18.0 Å². The number of carbonyl (C=O) groups excluding carboxylic acids is 1. The molecule has 0 heterocycles. The van der Waals surface area contributed by atoms with Crippen molar-refractivity contribution in [3.05, 3.63) is 65.2 Å². The van der Waals surface area contributed by atoms with Crippen molar-refractivity contribution < 1.29 is 19.7 Å². The topological polar surface area (TPSA) is 66.8 Å². The van der Waals surface area contributed by atoms with Crippen LogP contribution < -0.4 is 0 Å². The van der Waals surface area contributed by atoms with E-state index >= 15 is 0 Å². The van der Waals surface area contributed by atoms with E-state index in [4.69, 9.17) is 9.84 Å². The number of aromatic hydroxyl groups is 1. The number of esters is 1. The lowest BCUT2D eigenvalue weighted by Crippen LogP contribution is -2.05. The maximum absolute atomic E-state index is 11.8. The first-order chi connectivity index (χ1) is 9.20. The Bertz CT molecular complexity index is 564. The fraction of sp³-hybridized carbons (Fsp3) is 0.133. The molecule has 2 rings (SSSR count). The van der Waals surface area contributed by atoms with E-state index in [1.54, 1.807) is 0 Å². The van der Waals surface area contributed by atoms with Crippen LogP contribution in [0.1, 0.15) is 21.5 Å². The molecule has 0 unspecified atom stereocenters. The fourth-order valence-electron chi connectivity index (χ4n) is 1.65. The molecular weight excluding hydrogens is 244 g/mol. The Hall–Kier alpha value is -2.33. The first-order valence-electron chi connectivity index (χ1n) is 5.84. The number of rotatable bonds is 4. The SMILES string of the molecule is O=C(OCc1ccccc1)c1ccc(O)c(CO)c1. The quantitative estimate of drug-likeness (QED) is 0.825. The Morgan fingerprint density at radius 2 is 1.84 bits per heavy atom. The summed E-state index contributed by atoms with van der Waals surface area (Å²) in [6, 6.07) is 13.6. The third-order valence-electron chi connectivity index (χ3n) is 2.70. The van der Waals surface area contributed by atoms with E-state index in [0.717, 1.165) is 5.56 Å². The molecule has 2 aromatic rings. The molecule has 0 saturated heterocycles. The summed E-state index contributed by atoms with van der Waals surface area (Å²) in [6.45, 7) is -0.138. The lowest BCUT2D eigenvalue weighted by atomic mass is 10.1. The highest BCUT2D eigenvalue weighted by molar-refractivity contribution is 5.89. The molecule has 0 aromatic heterocycles. The Kier molecular flexibility index (Phi) is 4.15. The van der Waals surface area contributed by atoms with Gasteiger partial charge in [-0.25, -0.2) is 4.79 Å². The third kappa shape index (κ3) is 3.33. The molecule has 0 fully saturated rings. The van der Waals surface area contributed by atoms with Crippen LogP contribution >= 0.6 is 0 Å². The highest BCUT2D eigenvalue weighted by atomic mass is 16.5. The zero-order valence-electron chi connectivity index (χ0n) is 10.2. The minimum Gasteiger partial charge on any atom is -0.508 e. The molecule has 0 aliphatic carbocycles. The van der Waals surface area contributed by atoms with E-state index in [1.165, 1.54) is 18.2 Å². The molecule has 2 aromatic carbocycles. The molecule has 0 amide bonds. The van der Waals surface area contributed by atoms with E-state index in [1.807, 2.05) is 30.3 Å². The van der Waals surface area contributed by atoms with Gasteiger partial charge < -0.3 is 14.9 Å². The maximum Gasteiger partial charge on any atom is 0.338 e. The lowest BCUT2D eigenvalue weighted by Gasteiger charge is -2.07. The van der Waals surface area contributed by atoms with Gasteiger partial charge in [0.25, 0.3) is 0 Å².